The van der Waals surface area contributed by atoms with Gasteiger partial charge in [-0.25, -0.2) is 23.7 Å². The van der Waals surface area contributed by atoms with E-state index in [1.54, 1.807) is 31.8 Å². The van der Waals surface area contributed by atoms with Crippen LogP contribution in [0.3, 0.4) is 0 Å². The van der Waals surface area contributed by atoms with Crippen molar-refractivity contribution in [3.05, 3.63) is 84.5 Å². The second-order valence-corrected chi connectivity index (χ2v) is 7.53. The number of benzene rings is 2. The Kier molecular flexibility index (Phi) is 5.48. The van der Waals surface area contributed by atoms with Gasteiger partial charge in [0, 0.05) is 47.4 Å². The summed E-state index contributed by atoms with van der Waals surface area (Å²) in [6, 6.07) is 13.2. The molecule has 0 fully saturated rings. The molecule has 33 heavy (non-hydrogen) atoms. The fourth-order valence-electron chi connectivity index (χ4n) is 3.62. The molecule has 5 rings (SSSR count). The van der Waals surface area contributed by atoms with E-state index in [2.05, 4.69) is 15.3 Å². The first kappa shape index (κ1) is 20.7. The first-order valence-corrected chi connectivity index (χ1v) is 10.3. The van der Waals surface area contributed by atoms with Crippen LogP contribution in [0, 0.1) is 11.6 Å². The number of hydrogen-bond acceptors (Lipinski definition) is 6. The summed E-state index contributed by atoms with van der Waals surface area (Å²) in [6.45, 7) is 0. The summed E-state index contributed by atoms with van der Waals surface area (Å²) in [6.07, 6.45) is 7.96. The van der Waals surface area contributed by atoms with Crippen molar-refractivity contribution >= 4 is 28.6 Å². The van der Waals surface area contributed by atoms with Gasteiger partial charge in [-0.1, -0.05) is 12.1 Å². The molecule has 1 N–H and O–H groups in total. The van der Waals surface area contributed by atoms with E-state index in [9.17, 15) is 8.78 Å². The lowest BCUT2D eigenvalue weighted by molar-refractivity contribution is 0.398. The molecule has 8 heteroatoms. The van der Waals surface area contributed by atoms with E-state index in [1.165, 1.54) is 6.07 Å². The number of pyridine rings is 1. The number of methoxy groups -OCH3 is 1. The molecule has 2 aromatic heterocycles. The standard InChI is InChI=1S/C25H19F2N5O/c1-33-23-9-5-16(14-29-23)15-4-8-22-19(11-15)25(30-18-6-7-20(26)21(27)12-18)32-24(31-22)17-3-2-10-28-13-17/h2,4-14,17H,3H2,1H3,(H,30,31,32). The van der Waals surface area contributed by atoms with Gasteiger partial charge in [0.2, 0.25) is 5.88 Å². The van der Waals surface area contributed by atoms with Gasteiger partial charge in [-0.15, -0.1) is 0 Å². The summed E-state index contributed by atoms with van der Waals surface area (Å²) in [5.41, 5.74) is 2.90. The summed E-state index contributed by atoms with van der Waals surface area (Å²) in [5, 5.41) is 3.87. The van der Waals surface area contributed by atoms with Gasteiger partial charge in [-0.05, 0) is 42.3 Å². The van der Waals surface area contributed by atoms with Gasteiger partial charge in [-0.2, -0.15) is 0 Å². The van der Waals surface area contributed by atoms with Crippen molar-refractivity contribution in [1.82, 2.24) is 15.0 Å². The molecule has 0 radical (unpaired) electrons. The van der Waals surface area contributed by atoms with Gasteiger partial charge in [0.05, 0.1) is 18.5 Å². The summed E-state index contributed by atoms with van der Waals surface area (Å²) >= 11 is 0. The van der Waals surface area contributed by atoms with Crippen molar-refractivity contribution < 1.29 is 13.5 Å². The van der Waals surface area contributed by atoms with Crippen LogP contribution in [0.2, 0.25) is 0 Å². The first-order valence-electron chi connectivity index (χ1n) is 10.3. The topological polar surface area (TPSA) is 72.3 Å². The Hall–Kier alpha value is -4.20. The number of aromatic nitrogens is 3. The molecule has 6 nitrogen and oxygen atoms in total. The zero-order chi connectivity index (χ0) is 22.8. The number of nitrogens with zero attached hydrogens (tertiary/aromatic N) is 4. The number of aliphatic imine (C=N–C) groups is 1. The van der Waals surface area contributed by atoms with E-state index in [4.69, 9.17) is 14.7 Å². The number of fused-ring (bicyclic) bond motifs is 1. The molecule has 164 valence electrons. The van der Waals surface area contributed by atoms with Crippen molar-refractivity contribution in [2.24, 2.45) is 4.99 Å². The van der Waals surface area contributed by atoms with Crippen LogP contribution in [0.5, 0.6) is 5.88 Å². The van der Waals surface area contributed by atoms with Gasteiger partial charge < -0.3 is 10.1 Å². The Morgan fingerprint density at radius 3 is 2.58 bits per heavy atom. The van der Waals surface area contributed by atoms with E-state index in [-0.39, 0.29) is 5.92 Å². The number of ether oxygens (including phenoxy) is 1. The van der Waals surface area contributed by atoms with Crippen LogP contribution in [0.4, 0.5) is 20.3 Å². The summed E-state index contributed by atoms with van der Waals surface area (Å²) in [7, 11) is 1.57. The average molecular weight is 443 g/mol. The maximum absolute atomic E-state index is 13.8. The average Bonchev–Trinajstić information content (AvgIpc) is 2.86. The number of nitrogens with one attached hydrogen (secondary N) is 1. The Morgan fingerprint density at radius 2 is 1.85 bits per heavy atom. The van der Waals surface area contributed by atoms with Crippen LogP contribution in [0.1, 0.15) is 18.2 Å². The lowest BCUT2D eigenvalue weighted by atomic mass is 10.0. The molecule has 0 saturated heterocycles. The summed E-state index contributed by atoms with van der Waals surface area (Å²) in [5.74, 6) is -0.306. The monoisotopic (exact) mass is 443 g/mol. The first-order chi connectivity index (χ1) is 16.1. The molecule has 0 saturated carbocycles. The predicted octanol–water partition coefficient (Wildman–Crippen LogP) is 5.79. The lowest BCUT2D eigenvalue weighted by Gasteiger charge is -2.16. The molecule has 1 atom stereocenters. The summed E-state index contributed by atoms with van der Waals surface area (Å²) in [4.78, 5) is 18.0. The van der Waals surface area contributed by atoms with E-state index < -0.39 is 11.6 Å². The van der Waals surface area contributed by atoms with Gasteiger partial charge in [0.1, 0.15) is 11.6 Å². The smallest absolute Gasteiger partial charge is 0.212 e. The minimum absolute atomic E-state index is 0.0737. The molecule has 1 aliphatic heterocycles. The third kappa shape index (κ3) is 4.27. The van der Waals surface area contributed by atoms with Crippen LogP contribution >= 0.6 is 0 Å². The van der Waals surface area contributed by atoms with Crippen LogP contribution in [-0.2, 0) is 0 Å². The molecular formula is C25H19F2N5O. The molecule has 2 aromatic carbocycles. The fourth-order valence-corrected chi connectivity index (χ4v) is 3.62. The third-order valence-corrected chi connectivity index (χ3v) is 5.35. The normalized spacial score (nSPS) is 15.1. The van der Waals surface area contributed by atoms with E-state index in [1.807, 2.05) is 30.3 Å². The number of allylic oxidation sites excluding steroid dienone is 1. The maximum Gasteiger partial charge on any atom is 0.212 e. The van der Waals surface area contributed by atoms with E-state index in [0.717, 1.165) is 40.6 Å². The highest BCUT2D eigenvalue weighted by atomic mass is 19.2. The van der Waals surface area contributed by atoms with Crippen molar-refractivity contribution in [2.45, 2.75) is 12.3 Å². The Bertz CT molecular complexity index is 1390. The zero-order valence-corrected chi connectivity index (χ0v) is 17.7. The Morgan fingerprint density at radius 1 is 0.970 bits per heavy atom. The van der Waals surface area contributed by atoms with Crippen molar-refractivity contribution in [3.63, 3.8) is 0 Å². The molecule has 1 unspecified atom stereocenters. The Balaban J connectivity index is 1.62. The molecule has 0 aliphatic carbocycles. The predicted molar refractivity (Wildman–Crippen MR) is 124 cm³/mol. The second-order valence-electron chi connectivity index (χ2n) is 7.53. The SMILES string of the molecule is COc1ccc(-c2ccc3nc(C4C=NC=CC4)nc(Nc4ccc(F)c(F)c4)c3c2)cn1. The lowest BCUT2D eigenvalue weighted by Crippen LogP contribution is -2.09. The quantitative estimate of drug-likeness (QED) is 0.422. The van der Waals surface area contributed by atoms with E-state index in [0.29, 0.717) is 23.2 Å². The van der Waals surface area contributed by atoms with Gasteiger partial charge in [-0.3, -0.25) is 4.99 Å². The molecule has 0 amide bonds. The van der Waals surface area contributed by atoms with Crippen molar-refractivity contribution in [3.8, 4) is 17.0 Å². The minimum atomic E-state index is -0.937. The third-order valence-electron chi connectivity index (χ3n) is 5.35. The van der Waals surface area contributed by atoms with Crippen molar-refractivity contribution in [1.29, 1.82) is 0 Å². The summed E-state index contributed by atoms with van der Waals surface area (Å²) < 4.78 is 32.4. The molecule has 1 aliphatic rings. The van der Waals surface area contributed by atoms with Crippen LogP contribution in [0.15, 0.2) is 72.0 Å². The number of hydrogen-bond donors (Lipinski definition) is 1. The van der Waals surface area contributed by atoms with E-state index >= 15 is 0 Å². The fraction of sp³-hybridized carbons (Fsp3) is 0.120. The molecule has 3 heterocycles. The molecule has 0 spiro atoms. The van der Waals surface area contributed by atoms with Crippen molar-refractivity contribution in [2.75, 3.05) is 12.4 Å². The van der Waals surface area contributed by atoms with Gasteiger partial charge in [0.25, 0.3) is 0 Å². The minimum Gasteiger partial charge on any atom is -0.481 e. The highest BCUT2D eigenvalue weighted by Crippen LogP contribution is 2.31. The highest BCUT2D eigenvalue weighted by Gasteiger charge is 2.17. The zero-order valence-electron chi connectivity index (χ0n) is 17.7. The van der Waals surface area contributed by atoms with Gasteiger partial charge in [0.15, 0.2) is 11.6 Å². The molecule has 0 bridgehead atoms. The highest BCUT2D eigenvalue weighted by molar-refractivity contribution is 5.94. The van der Waals surface area contributed by atoms with Gasteiger partial charge >= 0.3 is 0 Å². The second kappa shape index (κ2) is 8.74. The van der Waals surface area contributed by atoms with Crippen LogP contribution in [0.25, 0.3) is 22.0 Å². The number of anilines is 2. The van der Waals surface area contributed by atoms with Crippen LogP contribution < -0.4 is 10.1 Å². The Labute approximate surface area is 188 Å². The molecular weight excluding hydrogens is 424 g/mol. The number of rotatable bonds is 5. The van der Waals surface area contributed by atoms with Crippen LogP contribution in [-0.4, -0.2) is 28.3 Å². The maximum atomic E-state index is 13.8. The molecule has 4 aromatic rings. The largest absolute Gasteiger partial charge is 0.481 e. The number of halogens is 2.